The van der Waals surface area contributed by atoms with Crippen molar-refractivity contribution in [3.05, 3.63) is 0 Å². The molecule has 1 aliphatic heterocycles. The Balaban J connectivity index is 2.02. The second-order valence-electron chi connectivity index (χ2n) is 3.20. The number of hydrogen-bond acceptors (Lipinski definition) is 2. The second-order valence-corrected chi connectivity index (χ2v) is 3.20. The maximum atomic E-state index is 3.50. The molecule has 2 atom stereocenters. The lowest BCUT2D eigenvalue weighted by atomic mass is 10.2. The van der Waals surface area contributed by atoms with Crippen molar-refractivity contribution in [1.82, 2.24) is 10.6 Å². The van der Waals surface area contributed by atoms with Gasteiger partial charge < -0.3 is 0 Å². The molecular weight excluding hydrogens is 112 g/mol. The topological polar surface area (TPSA) is 24.1 Å². The number of fused-ring (bicyclic) bond motifs is 1. The fourth-order valence-electron chi connectivity index (χ4n) is 2.05. The quantitative estimate of drug-likeness (QED) is 0.492. The van der Waals surface area contributed by atoms with Gasteiger partial charge in [-0.1, -0.05) is 6.42 Å². The minimum Gasteiger partial charge on any atom is -0.298 e. The molecule has 0 bridgehead atoms. The normalized spacial score (nSPS) is 49.7. The molecular formula is C7H14N2. The van der Waals surface area contributed by atoms with E-state index in [-0.39, 0.29) is 0 Å². The molecule has 2 unspecified atom stereocenters. The van der Waals surface area contributed by atoms with Crippen molar-refractivity contribution >= 4 is 0 Å². The molecule has 0 aromatic heterocycles. The molecule has 2 fully saturated rings. The third-order valence-electron chi connectivity index (χ3n) is 2.44. The van der Waals surface area contributed by atoms with Gasteiger partial charge in [-0.25, -0.2) is 0 Å². The molecule has 0 aromatic carbocycles. The highest BCUT2D eigenvalue weighted by Gasteiger charge is 2.33. The molecule has 2 heteroatoms. The summed E-state index contributed by atoms with van der Waals surface area (Å²) < 4.78 is 0. The van der Waals surface area contributed by atoms with E-state index in [0.717, 1.165) is 12.1 Å². The molecule has 0 amide bonds. The molecule has 2 nitrogen and oxygen atoms in total. The van der Waals surface area contributed by atoms with Gasteiger partial charge in [-0.3, -0.25) is 10.6 Å². The smallest absolute Gasteiger partial charge is 0.0547 e. The van der Waals surface area contributed by atoms with Gasteiger partial charge in [0.1, 0.15) is 0 Å². The minimum atomic E-state index is 0.556. The van der Waals surface area contributed by atoms with Crippen molar-refractivity contribution in [2.24, 2.45) is 0 Å². The Morgan fingerprint density at radius 3 is 2.22 bits per heavy atom. The van der Waals surface area contributed by atoms with E-state index in [2.05, 4.69) is 17.6 Å². The van der Waals surface area contributed by atoms with Crippen LogP contribution < -0.4 is 10.6 Å². The molecule has 2 N–H and O–H groups in total. The maximum Gasteiger partial charge on any atom is 0.0547 e. The fourth-order valence-corrected chi connectivity index (χ4v) is 2.05. The van der Waals surface area contributed by atoms with Crippen molar-refractivity contribution < 1.29 is 0 Å². The summed E-state index contributed by atoms with van der Waals surface area (Å²) in [6.07, 6.45) is 4.71. The predicted molar refractivity (Wildman–Crippen MR) is 37.2 cm³/mol. The first-order valence-corrected chi connectivity index (χ1v) is 3.88. The van der Waals surface area contributed by atoms with Crippen LogP contribution in [0.1, 0.15) is 26.2 Å². The number of nitrogens with one attached hydrogen (secondary N) is 2. The highest BCUT2D eigenvalue weighted by molar-refractivity contribution is 4.95. The number of rotatable bonds is 0. The van der Waals surface area contributed by atoms with Crippen LogP contribution in [0.25, 0.3) is 0 Å². The van der Waals surface area contributed by atoms with Crippen LogP contribution in [0.2, 0.25) is 0 Å². The predicted octanol–water partition coefficient (Wildman–Crippen LogP) is 0.446. The van der Waals surface area contributed by atoms with Crippen LogP contribution in [-0.4, -0.2) is 18.2 Å². The zero-order valence-electron chi connectivity index (χ0n) is 5.85. The van der Waals surface area contributed by atoms with E-state index in [1.165, 1.54) is 19.3 Å². The second kappa shape index (κ2) is 1.96. The van der Waals surface area contributed by atoms with Gasteiger partial charge in [0.05, 0.1) is 6.17 Å². The Morgan fingerprint density at radius 1 is 1.11 bits per heavy atom. The average Bonchev–Trinajstić information content (AvgIpc) is 2.22. The summed E-state index contributed by atoms with van der Waals surface area (Å²) in [4.78, 5) is 0. The highest BCUT2D eigenvalue weighted by Crippen LogP contribution is 2.22. The van der Waals surface area contributed by atoms with Gasteiger partial charge in [0.25, 0.3) is 0 Å². The SMILES string of the molecule is CC1NC2CCCC2N1. The van der Waals surface area contributed by atoms with Crippen LogP contribution >= 0.6 is 0 Å². The molecule has 0 spiro atoms. The zero-order chi connectivity index (χ0) is 6.27. The van der Waals surface area contributed by atoms with Gasteiger partial charge >= 0.3 is 0 Å². The molecule has 2 rings (SSSR count). The third kappa shape index (κ3) is 0.864. The first kappa shape index (κ1) is 5.69. The van der Waals surface area contributed by atoms with Crippen LogP contribution in [0.5, 0.6) is 0 Å². The first-order valence-electron chi connectivity index (χ1n) is 3.88. The Hall–Kier alpha value is -0.0800. The van der Waals surface area contributed by atoms with Crippen molar-refractivity contribution in [2.75, 3.05) is 0 Å². The van der Waals surface area contributed by atoms with Gasteiger partial charge in [-0.15, -0.1) is 0 Å². The molecule has 0 radical (unpaired) electrons. The first-order chi connectivity index (χ1) is 4.36. The van der Waals surface area contributed by atoms with E-state index < -0.39 is 0 Å². The van der Waals surface area contributed by atoms with Gasteiger partial charge in [0.15, 0.2) is 0 Å². The Morgan fingerprint density at radius 2 is 1.67 bits per heavy atom. The van der Waals surface area contributed by atoms with E-state index in [1.54, 1.807) is 0 Å². The zero-order valence-corrected chi connectivity index (χ0v) is 5.85. The van der Waals surface area contributed by atoms with Crippen molar-refractivity contribution in [1.29, 1.82) is 0 Å². The standard InChI is InChI=1S/C7H14N2/c1-5-8-6-3-2-4-7(6)9-5/h5-9H,2-4H2,1H3. The summed E-state index contributed by atoms with van der Waals surface area (Å²) in [6, 6.07) is 1.58. The lowest BCUT2D eigenvalue weighted by Gasteiger charge is -2.05. The van der Waals surface area contributed by atoms with Crippen LogP contribution in [0.4, 0.5) is 0 Å². The Kier molecular flexibility index (Phi) is 1.24. The van der Waals surface area contributed by atoms with E-state index in [9.17, 15) is 0 Å². The minimum absolute atomic E-state index is 0.556. The van der Waals surface area contributed by atoms with Crippen molar-refractivity contribution in [3.8, 4) is 0 Å². The van der Waals surface area contributed by atoms with Gasteiger partial charge in [-0.2, -0.15) is 0 Å². The Bertz CT molecular complexity index is 101. The summed E-state index contributed by atoms with van der Waals surface area (Å²) in [5.74, 6) is 0. The molecule has 9 heavy (non-hydrogen) atoms. The average molecular weight is 126 g/mol. The van der Waals surface area contributed by atoms with Crippen LogP contribution in [0, 0.1) is 0 Å². The molecule has 1 aliphatic carbocycles. The largest absolute Gasteiger partial charge is 0.298 e. The number of hydrogen-bond donors (Lipinski definition) is 2. The van der Waals surface area contributed by atoms with E-state index in [4.69, 9.17) is 0 Å². The third-order valence-corrected chi connectivity index (χ3v) is 2.44. The monoisotopic (exact) mass is 126 g/mol. The summed E-state index contributed by atoms with van der Waals surface area (Å²) in [6.45, 7) is 2.19. The Labute approximate surface area is 56.0 Å². The van der Waals surface area contributed by atoms with E-state index in [0.29, 0.717) is 6.17 Å². The van der Waals surface area contributed by atoms with Crippen LogP contribution in [0.15, 0.2) is 0 Å². The fraction of sp³-hybridized carbons (Fsp3) is 1.00. The molecule has 1 saturated heterocycles. The lowest BCUT2D eigenvalue weighted by molar-refractivity contribution is 0.531. The molecule has 1 heterocycles. The summed E-state index contributed by atoms with van der Waals surface area (Å²) in [5, 5.41) is 7.01. The van der Waals surface area contributed by atoms with Gasteiger partial charge in [0, 0.05) is 12.1 Å². The molecule has 2 aliphatic rings. The summed E-state index contributed by atoms with van der Waals surface area (Å²) in [5.41, 5.74) is 0. The van der Waals surface area contributed by atoms with Gasteiger partial charge in [0.2, 0.25) is 0 Å². The summed E-state index contributed by atoms with van der Waals surface area (Å²) >= 11 is 0. The molecule has 1 saturated carbocycles. The summed E-state index contributed by atoms with van der Waals surface area (Å²) in [7, 11) is 0. The van der Waals surface area contributed by atoms with Crippen LogP contribution in [0.3, 0.4) is 0 Å². The van der Waals surface area contributed by atoms with E-state index >= 15 is 0 Å². The molecule has 52 valence electrons. The maximum absolute atomic E-state index is 3.50. The highest BCUT2D eigenvalue weighted by atomic mass is 15.2. The van der Waals surface area contributed by atoms with Crippen molar-refractivity contribution in [2.45, 2.75) is 44.4 Å². The van der Waals surface area contributed by atoms with Crippen molar-refractivity contribution in [3.63, 3.8) is 0 Å². The van der Waals surface area contributed by atoms with Crippen LogP contribution in [-0.2, 0) is 0 Å². The van der Waals surface area contributed by atoms with Gasteiger partial charge in [-0.05, 0) is 19.8 Å². The van der Waals surface area contributed by atoms with E-state index in [1.807, 2.05) is 0 Å². The molecule has 0 aromatic rings. The lowest BCUT2D eigenvalue weighted by Crippen LogP contribution is -2.30.